The molecule has 2 N–H and O–H groups in total. The van der Waals surface area contributed by atoms with Crippen molar-refractivity contribution in [3.05, 3.63) is 103 Å². The highest BCUT2D eigenvalue weighted by atomic mass is 35.5. The van der Waals surface area contributed by atoms with Gasteiger partial charge in [-0.25, -0.2) is 4.79 Å². The Morgan fingerprint density at radius 2 is 1.80 bits per heavy atom. The van der Waals surface area contributed by atoms with Gasteiger partial charge in [-0.2, -0.15) is 5.26 Å². The van der Waals surface area contributed by atoms with Gasteiger partial charge >= 0.3 is 5.97 Å². The highest BCUT2D eigenvalue weighted by molar-refractivity contribution is 6.42. The Morgan fingerprint density at radius 3 is 2.46 bits per heavy atom. The number of hydrogen-bond donors (Lipinski definition) is 1. The number of rotatable bonds is 6. The van der Waals surface area contributed by atoms with Gasteiger partial charge in [-0.3, -0.25) is 10.1 Å². The quantitative estimate of drug-likeness (QED) is 0.208. The van der Waals surface area contributed by atoms with Crippen LogP contribution in [0.1, 0.15) is 17.0 Å². The van der Waals surface area contributed by atoms with Gasteiger partial charge in [0.1, 0.15) is 28.9 Å². The molecule has 9 nitrogen and oxygen atoms in total. The summed E-state index contributed by atoms with van der Waals surface area (Å²) in [6, 6.07) is 17.1. The van der Waals surface area contributed by atoms with Crippen molar-refractivity contribution >= 4 is 34.9 Å². The van der Waals surface area contributed by atoms with Crippen molar-refractivity contribution < 1.29 is 23.9 Å². The van der Waals surface area contributed by atoms with Gasteiger partial charge in [0.05, 0.1) is 20.9 Å². The fourth-order valence-corrected chi connectivity index (χ4v) is 3.81. The molecule has 176 valence electrons. The van der Waals surface area contributed by atoms with Crippen molar-refractivity contribution in [1.29, 1.82) is 5.26 Å². The minimum atomic E-state index is -0.707. The van der Waals surface area contributed by atoms with Gasteiger partial charge in [0, 0.05) is 23.8 Å². The van der Waals surface area contributed by atoms with Crippen molar-refractivity contribution in [2.24, 2.45) is 5.73 Å². The molecule has 1 aliphatic rings. The molecule has 0 bridgehead atoms. The van der Waals surface area contributed by atoms with Crippen LogP contribution in [0.3, 0.4) is 0 Å². The van der Waals surface area contributed by atoms with E-state index in [1.807, 2.05) is 0 Å². The molecule has 0 amide bonds. The Labute approximate surface area is 209 Å². The van der Waals surface area contributed by atoms with E-state index >= 15 is 0 Å². The molecular formula is C24H15Cl2N3O6. The van der Waals surface area contributed by atoms with Gasteiger partial charge in [-0.15, -0.1) is 0 Å². The molecule has 1 atom stereocenters. The fraction of sp³-hybridized carbons (Fsp3) is 0.0833. The second-order valence-electron chi connectivity index (χ2n) is 7.31. The maximum absolute atomic E-state index is 12.2. The van der Waals surface area contributed by atoms with Crippen LogP contribution >= 0.6 is 23.2 Å². The number of benzene rings is 3. The molecule has 3 aromatic rings. The summed E-state index contributed by atoms with van der Waals surface area (Å²) in [7, 11) is 0. The number of carbonyl (C=O) groups excluding carboxylic acids is 1. The van der Waals surface area contributed by atoms with Crippen LogP contribution in [0.2, 0.25) is 10.0 Å². The number of allylic oxidation sites excluding steroid dienone is 1. The highest BCUT2D eigenvalue weighted by Gasteiger charge is 2.31. The third-order valence-corrected chi connectivity index (χ3v) is 5.84. The van der Waals surface area contributed by atoms with E-state index in [0.717, 1.165) is 0 Å². The van der Waals surface area contributed by atoms with Crippen LogP contribution in [-0.2, 0) is 4.79 Å². The monoisotopic (exact) mass is 511 g/mol. The van der Waals surface area contributed by atoms with E-state index in [2.05, 4.69) is 6.07 Å². The number of non-ortho nitro benzene ring substituents is 1. The average Bonchev–Trinajstić information content (AvgIpc) is 2.83. The van der Waals surface area contributed by atoms with E-state index in [4.69, 9.17) is 43.1 Å². The average molecular weight is 512 g/mol. The fourth-order valence-electron chi connectivity index (χ4n) is 3.50. The first-order chi connectivity index (χ1) is 16.8. The Kier molecular flexibility index (Phi) is 6.78. The highest BCUT2D eigenvalue weighted by Crippen LogP contribution is 2.44. The summed E-state index contributed by atoms with van der Waals surface area (Å²) in [5.41, 5.74) is 7.41. The van der Waals surface area contributed by atoms with Crippen LogP contribution in [0.15, 0.2) is 72.1 Å². The summed E-state index contributed by atoms with van der Waals surface area (Å²) in [6.45, 7) is -0.428. The molecular weight excluding hydrogens is 497 g/mol. The molecule has 1 aliphatic heterocycles. The first-order valence-corrected chi connectivity index (χ1v) is 10.8. The molecule has 0 radical (unpaired) electrons. The molecule has 3 aromatic carbocycles. The van der Waals surface area contributed by atoms with Crippen molar-refractivity contribution in [3.8, 4) is 23.3 Å². The predicted octanol–water partition coefficient (Wildman–Crippen LogP) is 5.10. The smallest absolute Gasteiger partial charge is 0.349 e. The number of halogens is 2. The number of fused-ring (bicyclic) bond motifs is 1. The zero-order valence-electron chi connectivity index (χ0n) is 17.7. The van der Waals surface area contributed by atoms with Gasteiger partial charge < -0.3 is 19.9 Å². The number of nitrogens with zero attached hydrogens (tertiary/aromatic N) is 2. The number of nitro groups is 1. The summed E-state index contributed by atoms with van der Waals surface area (Å²) in [6.07, 6.45) is 0. The molecule has 0 spiro atoms. The Morgan fingerprint density at radius 1 is 1.09 bits per heavy atom. The molecule has 1 unspecified atom stereocenters. The van der Waals surface area contributed by atoms with E-state index < -0.39 is 23.4 Å². The molecule has 4 rings (SSSR count). The van der Waals surface area contributed by atoms with Gasteiger partial charge in [0.25, 0.3) is 5.69 Å². The number of nitriles is 1. The molecule has 11 heteroatoms. The lowest BCUT2D eigenvalue weighted by molar-refractivity contribution is -0.384. The Hall–Kier alpha value is -4.26. The molecule has 0 saturated carbocycles. The second kappa shape index (κ2) is 9.93. The third-order valence-electron chi connectivity index (χ3n) is 5.10. The third kappa shape index (κ3) is 5.14. The number of esters is 1. The minimum absolute atomic E-state index is 0.0824. The largest absolute Gasteiger partial charge is 0.482 e. The lowest BCUT2D eigenvalue weighted by Crippen LogP contribution is -2.21. The molecule has 0 fully saturated rings. The maximum atomic E-state index is 12.2. The zero-order chi connectivity index (χ0) is 25.1. The second-order valence-corrected chi connectivity index (χ2v) is 8.13. The molecule has 0 aliphatic carbocycles. The maximum Gasteiger partial charge on any atom is 0.349 e. The van der Waals surface area contributed by atoms with Crippen molar-refractivity contribution in [3.63, 3.8) is 0 Å². The van der Waals surface area contributed by atoms with E-state index in [0.29, 0.717) is 26.9 Å². The van der Waals surface area contributed by atoms with Crippen LogP contribution < -0.4 is 19.9 Å². The summed E-state index contributed by atoms with van der Waals surface area (Å²) in [5, 5.41) is 21.1. The number of nitro benzene ring substituents is 1. The minimum Gasteiger partial charge on any atom is -0.482 e. The number of ether oxygens (including phenoxy) is 3. The summed E-state index contributed by atoms with van der Waals surface area (Å²) < 4.78 is 16.3. The van der Waals surface area contributed by atoms with E-state index in [1.165, 1.54) is 30.3 Å². The van der Waals surface area contributed by atoms with Gasteiger partial charge in [-0.05, 0) is 35.9 Å². The number of hydrogen-bond acceptors (Lipinski definition) is 8. The summed E-state index contributed by atoms with van der Waals surface area (Å²) in [5.74, 6) is -0.606. The predicted molar refractivity (Wildman–Crippen MR) is 126 cm³/mol. The molecule has 35 heavy (non-hydrogen) atoms. The van der Waals surface area contributed by atoms with E-state index in [1.54, 1.807) is 30.3 Å². The van der Waals surface area contributed by atoms with E-state index in [9.17, 15) is 20.2 Å². The molecule has 0 aromatic heterocycles. The Balaban J connectivity index is 1.51. The molecule has 1 heterocycles. The first-order valence-electron chi connectivity index (χ1n) is 10.0. The normalized spacial score (nSPS) is 14.4. The SMILES string of the molecule is N#CC1=C(N)Oc2cc(OC(=O)COc3ccc([N+](=O)[O-])cc3)ccc2C1c1ccc(Cl)c(Cl)c1. The van der Waals surface area contributed by atoms with E-state index in [-0.39, 0.29) is 28.6 Å². The van der Waals surface area contributed by atoms with Crippen LogP contribution in [-0.4, -0.2) is 17.5 Å². The van der Waals surface area contributed by atoms with Crippen LogP contribution in [0.4, 0.5) is 5.69 Å². The van der Waals surface area contributed by atoms with Crippen molar-refractivity contribution in [1.82, 2.24) is 0 Å². The Bertz CT molecular complexity index is 1400. The van der Waals surface area contributed by atoms with Gasteiger partial charge in [0.2, 0.25) is 5.88 Å². The first kappa shape index (κ1) is 23.9. The zero-order valence-corrected chi connectivity index (χ0v) is 19.2. The lowest BCUT2D eigenvalue weighted by Gasteiger charge is -2.27. The van der Waals surface area contributed by atoms with Crippen LogP contribution in [0.25, 0.3) is 0 Å². The van der Waals surface area contributed by atoms with Gasteiger partial charge in [0.15, 0.2) is 6.61 Å². The summed E-state index contributed by atoms with van der Waals surface area (Å²) in [4.78, 5) is 22.4. The summed E-state index contributed by atoms with van der Waals surface area (Å²) >= 11 is 12.2. The molecule has 0 saturated heterocycles. The topological polar surface area (TPSA) is 138 Å². The lowest BCUT2D eigenvalue weighted by atomic mass is 9.83. The number of nitrogens with two attached hydrogens (primary N) is 1. The number of carbonyl (C=O) groups is 1. The van der Waals surface area contributed by atoms with Crippen molar-refractivity contribution in [2.45, 2.75) is 5.92 Å². The van der Waals surface area contributed by atoms with Gasteiger partial charge in [-0.1, -0.05) is 35.3 Å². The van der Waals surface area contributed by atoms with Crippen LogP contribution in [0, 0.1) is 21.4 Å². The van der Waals surface area contributed by atoms with Crippen LogP contribution in [0.5, 0.6) is 17.2 Å². The van der Waals surface area contributed by atoms with Crippen molar-refractivity contribution in [2.75, 3.05) is 6.61 Å². The standard InChI is InChI=1S/C24H15Cl2N3O6/c25-19-8-1-13(9-20(19)26)23-17-7-6-16(10-21(17)35-24(28)18(23)11-27)34-22(30)12-33-15-4-2-14(3-5-15)29(31)32/h1-10,23H,12,28H2.